The third-order valence-corrected chi connectivity index (χ3v) is 7.61. The van der Waals surface area contributed by atoms with Gasteiger partial charge < -0.3 is 15.0 Å². The van der Waals surface area contributed by atoms with E-state index in [2.05, 4.69) is 0 Å². The molecule has 1 aromatic heterocycles. The van der Waals surface area contributed by atoms with Gasteiger partial charge in [0.1, 0.15) is 0 Å². The molecule has 1 aliphatic rings. The van der Waals surface area contributed by atoms with Crippen LogP contribution in [-0.4, -0.2) is 30.7 Å². The quantitative estimate of drug-likeness (QED) is 0.528. The second kappa shape index (κ2) is 6.36. The Morgan fingerprint density at radius 2 is 1.55 bits per heavy atom. The zero-order chi connectivity index (χ0) is 21.2. The van der Waals surface area contributed by atoms with Crippen molar-refractivity contribution in [2.24, 2.45) is 0 Å². The lowest BCUT2D eigenvalue weighted by molar-refractivity contribution is 0.00578. The summed E-state index contributed by atoms with van der Waals surface area (Å²) in [6.07, 6.45) is 1.57. The van der Waals surface area contributed by atoms with Crippen LogP contribution >= 0.6 is 0 Å². The van der Waals surface area contributed by atoms with Crippen molar-refractivity contribution in [2.45, 2.75) is 50.7 Å². The summed E-state index contributed by atoms with van der Waals surface area (Å²) in [7, 11) is -4.54. The summed E-state index contributed by atoms with van der Waals surface area (Å²) in [6, 6.07) is 12.1. The van der Waals surface area contributed by atoms with Crippen molar-refractivity contribution in [2.75, 3.05) is 5.73 Å². The Balaban J connectivity index is 1.93. The molecule has 1 aliphatic heterocycles. The molecule has 0 bridgehead atoms. The average molecular weight is 412 g/mol. The van der Waals surface area contributed by atoms with Crippen molar-refractivity contribution in [1.82, 2.24) is 3.97 Å². The summed E-state index contributed by atoms with van der Waals surface area (Å²) < 4.78 is 40.4. The molecule has 2 aromatic carbocycles. The molecular formula is C21H25BN2O4S. The van der Waals surface area contributed by atoms with Crippen LogP contribution in [0.4, 0.5) is 5.69 Å². The molecule has 2 N–H and O–H groups in total. The first-order valence-electron chi connectivity index (χ1n) is 9.51. The Hall–Kier alpha value is -2.29. The van der Waals surface area contributed by atoms with Crippen LogP contribution in [0.2, 0.25) is 0 Å². The van der Waals surface area contributed by atoms with Gasteiger partial charge >= 0.3 is 7.12 Å². The highest BCUT2D eigenvalue weighted by Crippen LogP contribution is 2.37. The molecule has 0 spiro atoms. The number of aryl methyl sites for hydroxylation is 1. The summed E-state index contributed by atoms with van der Waals surface area (Å²) in [4.78, 5) is 0.198. The molecule has 0 atom stereocenters. The number of hydrogen-bond acceptors (Lipinski definition) is 5. The van der Waals surface area contributed by atoms with Gasteiger partial charge in [0, 0.05) is 17.0 Å². The lowest BCUT2D eigenvalue weighted by Crippen LogP contribution is -2.41. The van der Waals surface area contributed by atoms with E-state index in [0.717, 1.165) is 5.56 Å². The number of nitrogen functional groups attached to an aromatic ring is 1. The fourth-order valence-corrected chi connectivity index (χ4v) is 4.88. The van der Waals surface area contributed by atoms with E-state index in [-0.39, 0.29) is 4.90 Å². The van der Waals surface area contributed by atoms with Crippen molar-refractivity contribution in [3.8, 4) is 0 Å². The maximum atomic E-state index is 13.4. The summed E-state index contributed by atoms with van der Waals surface area (Å²) in [5.74, 6) is 0. The molecule has 4 rings (SSSR count). The predicted molar refractivity (Wildman–Crippen MR) is 116 cm³/mol. The number of para-hydroxylation sites is 1. The fraction of sp³-hybridized carbons (Fsp3) is 0.333. The number of nitrogens with zero attached hydrogens (tertiary/aromatic N) is 1. The second-order valence-electron chi connectivity index (χ2n) is 8.53. The minimum atomic E-state index is -3.85. The topological polar surface area (TPSA) is 83.5 Å². The fourth-order valence-electron chi connectivity index (χ4n) is 3.47. The lowest BCUT2D eigenvalue weighted by atomic mass is 9.79. The molecule has 8 heteroatoms. The van der Waals surface area contributed by atoms with E-state index >= 15 is 0 Å². The van der Waals surface area contributed by atoms with Crippen molar-refractivity contribution in [1.29, 1.82) is 0 Å². The third-order valence-electron chi connectivity index (χ3n) is 5.94. The van der Waals surface area contributed by atoms with Gasteiger partial charge in [-0.2, -0.15) is 0 Å². The summed E-state index contributed by atoms with van der Waals surface area (Å²) in [5.41, 5.74) is 7.56. The largest absolute Gasteiger partial charge is 0.497 e. The van der Waals surface area contributed by atoms with Gasteiger partial charge in [-0.25, -0.2) is 12.4 Å². The highest BCUT2D eigenvalue weighted by Gasteiger charge is 2.52. The van der Waals surface area contributed by atoms with Crippen LogP contribution in [0.15, 0.2) is 53.6 Å². The molecular weight excluding hydrogens is 387 g/mol. The van der Waals surface area contributed by atoms with Crippen molar-refractivity contribution in [3.05, 3.63) is 54.2 Å². The molecule has 1 saturated heterocycles. The van der Waals surface area contributed by atoms with Gasteiger partial charge in [-0.1, -0.05) is 29.8 Å². The van der Waals surface area contributed by atoms with Gasteiger partial charge in [-0.05, 0) is 52.8 Å². The van der Waals surface area contributed by atoms with E-state index < -0.39 is 28.3 Å². The number of aromatic nitrogens is 1. The molecule has 152 valence electrons. The van der Waals surface area contributed by atoms with E-state index in [4.69, 9.17) is 15.0 Å². The van der Waals surface area contributed by atoms with Crippen molar-refractivity contribution >= 4 is 39.2 Å². The Morgan fingerprint density at radius 3 is 2.14 bits per heavy atom. The lowest BCUT2D eigenvalue weighted by Gasteiger charge is -2.32. The van der Waals surface area contributed by atoms with Crippen molar-refractivity contribution in [3.63, 3.8) is 0 Å². The van der Waals surface area contributed by atoms with Crippen LogP contribution in [0.25, 0.3) is 10.9 Å². The molecule has 0 aliphatic carbocycles. The van der Waals surface area contributed by atoms with E-state index in [1.54, 1.807) is 42.6 Å². The Labute approximate surface area is 171 Å². The van der Waals surface area contributed by atoms with Crippen LogP contribution in [0.5, 0.6) is 0 Å². The van der Waals surface area contributed by atoms with Crippen LogP contribution < -0.4 is 11.2 Å². The maximum absolute atomic E-state index is 13.4. The van der Waals surface area contributed by atoms with Gasteiger partial charge in [0.15, 0.2) is 0 Å². The molecule has 6 nitrogen and oxygen atoms in total. The summed E-state index contributed by atoms with van der Waals surface area (Å²) >= 11 is 0. The SMILES string of the molecule is Cc1ccc(S(=O)(=O)n2cc(B3OC(C)(C)C(C)(C)O3)c3cccc(N)c32)cc1. The molecule has 0 unspecified atom stereocenters. The molecule has 0 radical (unpaired) electrons. The van der Waals surface area contributed by atoms with Crippen molar-refractivity contribution < 1.29 is 17.7 Å². The van der Waals surface area contributed by atoms with E-state index in [1.165, 1.54) is 3.97 Å². The monoisotopic (exact) mass is 412 g/mol. The van der Waals surface area contributed by atoms with E-state index in [1.807, 2.05) is 40.7 Å². The maximum Gasteiger partial charge on any atom is 0.497 e. The molecule has 2 heterocycles. The Morgan fingerprint density at radius 1 is 0.966 bits per heavy atom. The Bertz CT molecular complexity index is 1180. The highest BCUT2D eigenvalue weighted by atomic mass is 32.2. The van der Waals surface area contributed by atoms with E-state index in [0.29, 0.717) is 22.1 Å². The standard InChI is InChI=1S/C21H25BN2O4S/c1-14-9-11-15(12-10-14)29(25,26)24-13-17(16-7-6-8-18(23)19(16)24)22-27-20(2,3)21(4,5)28-22/h6-13H,23H2,1-5H3. The first-order chi connectivity index (χ1) is 13.4. The zero-order valence-electron chi connectivity index (χ0n) is 17.3. The van der Waals surface area contributed by atoms with Gasteiger partial charge in [0.2, 0.25) is 0 Å². The first kappa shape index (κ1) is 20.0. The minimum absolute atomic E-state index is 0.198. The molecule has 29 heavy (non-hydrogen) atoms. The van der Waals surface area contributed by atoms with Gasteiger partial charge in [-0.3, -0.25) is 0 Å². The van der Waals surface area contributed by atoms with Crippen LogP contribution in [0.1, 0.15) is 33.3 Å². The first-order valence-corrected chi connectivity index (χ1v) is 11.0. The minimum Gasteiger partial charge on any atom is -0.399 e. The molecule has 3 aromatic rings. The molecule has 1 fully saturated rings. The van der Waals surface area contributed by atoms with E-state index in [9.17, 15) is 8.42 Å². The van der Waals surface area contributed by atoms with Crippen LogP contribution in [0, 0.1) is 6.92 Å². The zero-order valence-corrected chi connectivity index (χ0v) is 18.1. The Kier molecular flexibility index (Phi) is 4.38. The summed E-state index contributed by atoms with van der Waals surface area (Å²) in [5, 5.41) is 0.694. The average Bonchev–Trinajstić information content (AvgIpc) is 3.12. The second-order valence-corrected chi connectivity index (χ2v) is 10.3. The number of nitrogens with two attached hydrogens (primary N) is 1. The highest BCUT2D eigenvalue weighted by molar-refractivity contribution is 7.90. The van der Waals surface area contributed by atoms with Gasteiger partial charge in [0.05, 0.1) is 27.3 Å². The third kappa shape index (κ3) is 3.06. The van der Waals surface area contributed by atoms with Gasteiger partial charge in [-0.15, -0.1) is 0 Å². The van der Waals surface area contributed by atoms with Crippen LogP contribution in [0.3, 0.4) is 0 Å². The molecule has 0 saturated carbocycles. The number of rotatable bonds is 3. The predicted octanol–water partition coefficient (Wildman–Crippen LogP) is 3.07. The summed E-state index contributed by atoms with van der Waals surface area (Å²) in [6.45, 7) is 9.76. The smallest absolute Gasteiger partial charge is 0.399 e. The number of anilines is 1. The molecule has 0 amide bonds. The van der Waals surface area contributed by atoms with Crippen LogP contribution in [-0.2, 0) is 19.3 Å². The van der Waals surface area contributed by atoms with Gasteiger partial charge in [0.25, 0.3) is 10.0 Å². The normalized spacial score (nSPS) is 18.4. The number of fused-ring (bicyclic) bond motifs is 1. The number of hydrogen-bond donors (Lipinski definition) is 1. The number of benzene rings is 2.